The average Bonchev–Trinajstić information content (AvgIpc) is 2.63. The van der Waals surface area contributed by atoms with Gasteiger partial charge in [-0.3, -0.25) is 9.80 Å². The lowest BCUT2D eigenvalue weighted by atomic mass is 9.76. The molecule has 2 N–H and O–H groups in total. The summed E-state index contributed by atoms with van der Waals surface area (Å²) in [5.41, 5.74) is 1.74. The molecule has 4 heteroatoms. The molecule has 17 heavy (non-hydrogen) atoms. The van der Waals surface area contributed by atoms with Gasteiger partial charge in [0, 0.05) is 11.1 Å². The van der Waals surface area contributed by atoms with Crippen molar-refractivity contribution in [1.29, 1.82) is 0 Å². The van der Waals surface area contributed by atoms with E-state index >= 15 is 0 Å². The number of carbonyl (C=O) groups is 1. The van der Waals surface area contributed by atoms with Crippen molar-refractivity contribution in [1.82, 2.24) is 5.01 Å². The third-order valence-electron chi connectivity index (χ3n) is 4.61. The lowest BCUT2D eigenvalue weighted by molar-refractivity contribution is -0.131. The van der Waals surface area contributed by atoms with E-state index in [2.05, 4.69) is 30.9 Å². The van der Waals surface area contributed by atoms with Crippen molar-refractivity contribution in [3.8, 4) is 0 Å². The maximum absolute atomic E-state index is 11.8. The van der Waals surface area contributed by atoms with E-state index in [0.717, 1.165) is 5.69 Å². The van der Waals surface area contributed by atoms with E-state index in [1.54, 1.807) is 0 Å². The highest BCUT2D eigenvalue weighted by Crippen LogP contribution is 2.54. The van der Waals surface area contributed by atoms with E-state index in [9.17, 15) is 4.79 Å². The van der Waals surface area contributed by atoms with Crippen LogP contribution in [0.2, 0.25) is 0 Å². The van der Waals surface area contributed by atoms with Crippen molar-refractivity contribution in [3.05, 3.63) is 29.8 Å². The van der Waals surface area contributed by atoms with Crippen LogP contribution in [0.1, 0.15) is 26.3 Å². The Balaban J connectivity index is 2.28. The fourth-order valence-electron chi connectivity index (χ4n) is 3.19. The minimum atomic E-state index is -0.465. The Kier molecular flexibility index (Phi) is 1.76. The zero-order valence-corrected chi connectivity index (χ0v) is 10.4. The number of fused-ring (bicyclic) bond motifs is 3. The van der Waals surface area contributed by atoms with E-state index in [1.807, 2.05) is 19.1 Å². The van der Waals surface area contributed by atoms with E-state index in [4.69, 9.17) is 5.84 Å². The molecule has 0 spiro atoms. The van der Waals surface area contributed by atoms with Crippen LogP contribution in [0.15, 0.2) is 24.3 Å². The lowest BCUT2D eigenvalue weighted by Crippen LogP contribution is -2.61. The van der Waals surface area contributed by atoms with Crippen LogP contribution in [0.4, 0.5) is 5.69 Å². The van der Waals surface area contributed by atoms with Crippen molar-refractivity contribution in [2.24, 2.45) is 5.84 Å². The zero-order valence-electron chi connectivity index (χ0n) is 10.4. The number of hydrogen-bond acceptors (Lipinski definition) is 3. The number of amides is 1. The minimum absolute atomic E-state index is 0.0184. The Labute approximate surface area is 101 Å². The highest BCUT2D eigenvalue weighted by Gasteiger charge is 2.61. The SMILES string of the molecule is CC1(C)c2ccccc2N2CC(=O)N(N)C21C. The molecule has 0 saturated carbocycles. The topological polar surface area (TPSA) is 49.6 Å². The van der Waals surface area contributed by atoms with E-state index in [1.165, 1.54) is 10.6 Å². The molecule has 1 atom stereocenters. The van der Waals surface area contributed by atoms with Crippen molar-refractivity contribution >= 4 is 11.6 Å². The van der Waals surface area contributed by atoms with Gasteiger partial charge in [0.1, 0.15) is 12.2 Å². The van der Waals surface area contributed by atoms with Crippen molar-refractivity contribution in [2.45, 2.75) is 31.8 Å². The minimum Gasteiger partial charge on any atom is -0.337 e. The summed E-state index contributed by atoms with van der Waals surface area (Å²) in [5, 5.41) is 1.40. The van der Waals surface area contributed by atoms with E-state index in [0.29, 0.717) is 6.54 Å². The number of carbonyl (C=O) groups excluding carboxylic acids is 1. The van der Waals surface area contributed by atoms with Crippen molar-refractivity contribution < 1.29 is 4.79 Å². The first-order chi connectivity index (χ1) is 7.90. The van der Waals surface area contributed by atoms with Gasteiger partial charge < -0.3 is 4.90 Å². The van der Waals surface area contributed by atoms with Gasteiger partial charge in [0.15, 0.2) is 0 Å². The summed E-state index contributed by atoms with van der Waals surface area (Å²) in [7, 11) is 0. The molecule has 2 heterocycles. The molecule has 1 unspecified atom stereocenters. The van der Waals surface area contributed by atoms with Crippen LogP contribution in [0, 0.1) is 0 Å². The van der Waals surface area contributed by atoms with E-state index < -0.39 is 5.66 Å². The Morgan fingerprint density at radius 1 is 1.24 bits per heavy atom. The maximum atomic E-state index is 11.8. The van der Waals surface area contributed by atoms with Crippen LogP contribution in [-0.2, 0) is 10.2 Å². The highest BCUT2D eigenvalue weighted by atomic mass is 16.2. The van der Waals surface area contributed by atoms with Crippen molar-refractivity contribution in [2.75, 3.05) is 11.4 Å². The lowest BCUT2D eigenvalue weighted by Gasteiger charge is -2.43. The fourth-order valence-corrected chi connectivity index (χ4v) is 3.19. The second-order valence-corrected chi connectivity index (χ2v) is 5.51. The summed E-state index contributed by atoms with van der Waals surface area (Å²) in [5.74, 6) is 5.98. The Morgan fingerprint density at radius 3 is 2.59 bits per heavy atom. The van der Waals surface area contributed by atoms with Crippen LogP contribution >= 0.6 is 0 Å². The zero-order chi connectivity index (χ0) is 12.4. The molecule has 2 aliphatic heterocycles. The molecule has 2 aliphatic rings. The summed E-state index contributed by atoms with van der Waals surface area (Å²) >= 11 is 0. The van der Waals surface area contributed by atoms with Gasteiger partial charge in [0.25, 0.3) is 5.91 Å². The number of nitrogens with zero attached hydrogens (tertiary/aromatic N) is 2. The molecule has 3 rings (SSSR count). The molecular weight excluding hydrogens is 214 g/mol. The number of nitrogens with two attached hydrogens (primary N) is 1. The van der Waals surface area contributed by atoms with Gasteiger partial charge >= 0.3 is 0 Å². The number of hydrazine groups is 1. The maximum Gasteiger partial charge on any atom is 0.258 e. The van der Waals surface area contributed by atoms with Gasteiger partial charge in [0.05, 0.1) is 0 Å². The largest absolute Gasteiger partial charge is 0.337 e. The number of rotatable bonds is 0. The Bertz CT molecular complexity index is 511. The molecule has 0 aromatic heterocycles. The summed E-state index contributed by atoms with van der Waals surface area (Å²) in [6, 6.07) is 8.23. The summed E-state index contributed by atoms with van der Waals surface area (Å²) < 4.78 is 0. The standard InChI is InChI=1S/C13H17N3O/c1-12(2)9-6-4-5-7-10(9)15-8-11(17)16(14)13(12,15)3/h4-7H,8,14H2,1-3H3. The number of para-hydroxylation sites is 1. The molecule has 0 radical (unpaired) electrons. The van der Waals surface area contributed by atoms with Crippen LogP contribution in [0.5, 0.6) is 0 Å². The van der Waals surface area contributed by atoms with Crippen LogP contribution in [0.3, 0.4) is 0 Å². The quantitative estimate of drug-likeness (QED) is 0.539. The van der Waals surface area contributed by atoms with Gasteiger partial charge in [-0.15, -0.1) is 0 Å². The van der Waals surface area contributed by atoms with Gasteiger partial charge in [-0.05, 0) is 18.6 Å². The van der Waals surface area contributed by atoms with Gasteiger partial charge in [-0.25, -0.2) is 5.84 Å². The third kappa shape index (κ3) is 0.954. The first kappa shape index (κ1) is 10.6. The molecule has 0 bridgehead atoms. The van der Waals surface area contributed by atoms with Crippen molar-refractivity contribution in [3.63, 3.8) is 0 Å². The predicted molar refractivity (Wildman–Crippen MR) is 66.3 cm³/mol. The molecule has 1 amide bonds. The van der Waals surface area contributed by atoms with Gasteiger partial charge in [-0.2, -0.15) is 0 Å². The second-order valence-electron chi connectivity index (χ2n) is 5.51. The summed E-state index contributed by atoms with van der Waals surface area (Å²) in [4.78, 5) is 14.0. The average molecular weight is 231 g/mol. The number of hydrogen-bond donors (Lipinski definition) is 1. The number of anilines is 1. The van der Waals surface area contributed by atoms with E-state index in [-0.39, 0.29) is 11.3 Å². The summed E-state index contributed by atoms with van der Waals surface area (Å²) in [6.07, 6.45) is 0. The predicted octanol–water partition coefficient (Wildman–Crippen LogP) is 1.22. The molecule has 1 saturated heterocycles. The van der Waals surface area contributed by atoms with Crippen LogP contribution < -0.4 is 10.7 Å². The normalized spacial score (nSPS) is 29.5. The van der Waals surface area contributed by atoms with Crippen LogP contribution in [-0.4, -0.2) is 23.1 Å². The number of benzene rings is 1. The van der Waals surface area contributed by atoms with Gasteiger partial charge in [-0.1, -0.05) is 32.0 Å². The molecule has 1 aromatic rings. The molecule has 4 nitrogen and oxygen atoms in total. The molecule has 0 aliphatic carbocycles. The fraction of sp³-hybridized carbons (Fsp3) is 0.462. The summed E-state index contributed by atoms with van der Waals surface area (Å²) in [6.45, 7) is 6.69. The molecule has 1 fully saturated rings. The second kappa shape index (κ2) is 2.82. The Hall–Kier alpha value is -1.55. The third-order valence-corrected chi connectivity index (χ3v) is 4.61. The molecular formula is C13H17N3O. The molecule has 1 aromatic carbocycles. The smallest absolute Gasteiger partial charge is 0.258 e. The van der Waals surface area contributed by atoms with Crippen LogP contribution in [0.25, 0.3) is 0 Å². The Morgan fingerprint density at radius 2 is 1.88 bits per heavy atom. The highest BCUT2D eigenvalue weighted by molar-refractivity contribution is 5.89. The monoisotopic (exact) mass is 231 g/mol. The first-order valence-corrected chi connectivity index (χ1v) is 5.85. The molecule has 90 valence electrons. The van der Waals surface area contributed by atoms with Gasteiger partial charge in [0.2, 0.25) is 0 Å². The first-order valence-electron chi connectivity index (χ1n) is 5.85.